The molecule has 0 fully saturated rings. The van der Waals surface area contributed by atoms with E-state index in [1.807, 2.05) is 0 Å². The van der Waals surface area contributed by atoms with Gasteiger partial charge in [-0.05, 0) is 30.7 Å². The van der Waals surface area contributed by atoms with Crippen LogP contribution in [-0.4, -0.2) is 20.9 Å². The number of benzene rings is 1. The number of carboxylic acid groups (broad SMARTS) is 1. The maximum atomic E-state index is 11.7. The van der Waals surface area contributed by atoms with Crippen molar-refractivity contribution >= 4 is 17.6 Å². The second kappa shape index (κ2) is 4.62. The summed E-state index contributed by atoms with van der Waals surface area (Å²) in [4.78, 5) is 22.6. The number of aryl methyl sites for hydroxylation is 1. The van der Waals surface area contributed by atoms with Crippen molar-refractivity contribution in [3.8, 4) is 5.69 Å². The smallest absolute Gasteiger partial charge is 0.356 e. The van der Waals surface area contributed by atoms with E-state index in [1.54, 1.807) is 25.1 Å². The van der Waals surface area contributed by atoms with Crippen LogP contribution in [-0.2, 0) is 0 Å². The molecule has 0 aliphatic rings. The summed E-state index contributed by atoms with van der Waals surface area (Å²) in [5, 5.41) is 13.1. The Morgan fingerprint density at radius 1 is 1.33 bits per heavy atom. The maximum Gasteiger partial charge on any atom is 0.356 e. The lowest BCUT2D eigenvalue weighted by atomic mass is 10.2. The van der Waals surface area contributed by atoms with Gasteiger partial charge in [0.25, 0.3) is 5.56 Å². The summed E-state index contributed by atoms with van der Waals surface area (Å²) in [6.45, 7) is 1.78. The van der Waals surface area contributed by atoms with Crippen LogP contribution in [0.15, 0.2) is 35.1 Å². The minimum absolute atomic E-state index is 0.200. The number of carboxylic acids is 1. The molecule has 18 heavy (non-hydrogen) atoms. The quantitative estimate of drug-likeness (QED) is 0.899. The van der Waals surface area contributed by atoms with Crippen molar-refractivity contribution in [2.75, 3.05) is 0 Å². The van der Waals surface area contributed by atoms with Crippen LogP contribution in [0.3, 0.4) is 0 Å². The monoisotopic (exact) mass is 264 g/mol. The van der Waals surface area contributed by atoms with E-state index in [4.69, 9.17) is 16.7 Å². The third-order valence-electron chi connectivity index (χ3n) is 2.42. The van der Waals surface area contributed by atoms with Gasteiger partial charge >= 0.3 is 5.97 Å². The number of hydrogen-bond acceptors (Lipinski definition) is 3. The topological polar surface area (TPSA) is 72.2 Å². The standard InChI is InChI=1S/C12H9ClN2O3/c1-7-2-3-8(13)6-10(7)15-11(16)5-4-9(14-15)12(17)18/h2-6H,1H3,(H,17,18). The van der Waals surface area contributed by atoms with Gasteiger partial charge < -0.3 is 5.11 Å². The van der Waals surface area contributed by atoms with Crippen LogP contribution >= 0.6 is 11.6 Å². The Morgan fingerprint density at radius 2 is 2.06 bits per heavy atom. The number of hydrogen-bond donors (Lipinski definition) is 1. The fourth-order valence-electron chi connectivity index (χ4n) is 1.51. The lowest BCUT2D eigenvalue weighted by Gasteiger charge is -2.08. The largest absolute Gasteiger partial charge is 0.476 e. The van der Waals surface area contributed by atoms with Gasteiger partial charge in [0.05, 0.1) is 5.69 Å². The first-order chi connectivity index (χ1) is 8.49. The lowest BCUT2D eigenvalue weighted by Crippen LogP contribution is -2.23. The zero-order valence-electron chi connectivity index (χ0n) is 9.42. The van der Waals surface area contributed by atoms with Crippen LogP contribution in [0.4, 0.5) is 0 Å². The number of nitrogens with zero attached hydrogens (tertiary/aromatic N) is 2. The minimum Gasteiger partial charge on any atom is -0.476 e. The minimum atomic E-state index is -1.19. The highest BCUT2D eigenvalue weighted by molar-refractivity contribution is 6.30. The van der Waals surface area contributed by atoms with E-state index >= 15 is 0 Å². The molecule has 0 aliphatic carbocycles. The molecule has 1 aromatic heterocycles. The van der Waals surface area contributed by atoms with Crippen LogP contribution in [0.2, 0.25) is 5.02 Å². The third-order valence-corrected chi connectivity index (χ3v) is 2.65. The summed E-state index contributed by atoms with van der Waals surface area (Å²) in [6.07, 6.45) is 0. The van der Waals surface area contributed by atoms with Gasteiger partial charge in [-0.15, -0.1) is 0 Å². The predicted octanol–water partition coefficient (Wildman–Crippen LogP) is 1.89. The van der Waals surface area contributed by atoms with Crippen LogP contribution in [0.1, 0.15) is 16.1 Å². The van der Waals surface area contributed by atoms with Crippen molar-refractivity contribution in [2.24, 2.45) is 0 Å². The molecule has 2 aromatic rings. The molecular formula is C12H9ClN2O3. The van der Waals surface area contributed by atoms with Gasteiger partial charge in [-0.25, -0.2) is 4.79 Å². The zero-order chi connectivity index (χ0) is 13.3. The Hall–Kier alpha value is -2.14. The molecule has 0 atom stereocenters. The summed E-state index contributed by atoms with van der Waals surface area (Å²) in [7, 11) is 0. The van der Waals surface area contributed by atoms with Gasteiger partial charge in [-0.2, -0.15) is 9.78 Å². The fraction of sp³-hybridized carbons (Fsp3) is 0.0833. The third kappa shape index (κ3) is 2.26. The van der Waals surface area contributed by atoms with E-state index in [2.05, 4.69) is 5.10 Å². The van der Waals surface area contributed by atoms with E-state index in [0.29, 0.717) is 10.7 Å². The first kappa shape index (κ1) is 12.3. The molecule has 5 nitrogen and oxygen atoms in total. The summed E-state index contributed by atoms with van der Waals surface area (Å²) < 4.78 is 1.03. The van der Waals surface area contributed by atoms with Crippen LogP contribution in [0, 0.1) is 6.92 Å². The van der Waals surface area contributed by atoms with E-state index in [0.717, 1.165) is 16.3 Å². The molecule has 1 heterocycles. The Labute approximate surface area is 107 Å². The van der Waals surface area contributed by atoms with Crippen molar-refractivity contribution in [2.45, 2.75) is 6.92 Å². The highest BCUT2D eigenvalue weighted by Gasteiger charge is 2.10. The lowest BCUT2D eigenvalue weighted by molar-refractivity contribution is 0.0688. The molecule has 1 N–H and O–H groups in total. The molecule has 0 unspecified atom stereocenters. The van der Waals surface area contributed by atoms with E-state index in [-0.39, 0.29) is 5.69 Å². The van der Waals surface area contributed by atoms with Gasteiger partial charge in [0.15, 0.2) is 5.69 Å². The van der Waals surface area contributed by atoms with Gasteiger partial charge in [0.2, 0.25) is 0 Å². The molecule has 0 aliphatic heterocycles. The number of rotatable bonds is 2. The maximum absolute atomic E-state index is 11.7. The van der Waals surface area contributed by atoms with Gasteiger partial charge in [-0.3, -0.25) is 4.79 Å². The second-order valence-electron chi connectivity index (χ2n) is 3.70. The molecule has 0 radical (unpaired) electrons. The first-order valence-electron chi connectivity index (χ1n) is 5.09. The van der Waals surface area contributed by atoms with Gasteiger partial charge in [-0.1, -0.05) is 17.7 Å². The van der Waals surface area contributed by atoms with Crippen molar-refractivity contribution in [1.82, 2.24) is 9.78 Å². The first-order valence-corrected chi connectivity index (χ1v) is 5.47. The van der Waals surface area contributed by atoms with Gasteiger partial charge in [0.1, 0.15) is 0 Å². The molecule has 0 amide bonds. The SMILES string of the molecule is Cc1ccc(Cl)cc1-n1nc(C(=O)O)ccc1=O. The Bertz CT molecular complexity index is 679. The van der Waals surface area contributed by atoms with Crippen LogP contribution in [0.5, 0.6) is 0 Å². The molecular weight excluding hydrogens is 256 g/mol. The summed E-state index contributed by atoms with van der Waals surface area (Å²) >= 11 is 5.86. The normalized spacial score (nSPS) is 10.3. The molecule has 0 saturated carbocycles. The molecule has 1 aromatic carbocycles. The average molecular weight is 265 g/mol. The molecule has 0 bridgehead atoms. The predicted molar refractivity (Wildman–Crippen MR) is 66.5 cm³/mol. The van der Waals surface area contributed by atoms with Crippen molar-refractivity contribution in [3.63, 3.8) is 0 Å². The summed E-state index contributed by atoms with van der Waals surface area (Å²) in [5.41, 5.74) is 0.631. The summed E-state index contributed by atoms with van der Waals surface area (Å²) in [6, 6.07) is 7.32. The molecule has 0 saturated heterocycles. The summed E-state index contributed by atoms with van der Waals surface area (Å²) in [5.74, 6) is -1.19. The molecule has 2 rings (SSSR count). The van der Waals surface area contributed by atoms with Crippen molar-refractivity contribution in [1.29, 1.82) is 0 Å². The number of carbonyl (C=O) groups is 1. The Balaban J connectivity index is 2.70. The van der Waals surface area contributed by atoms with Crippen molar-refractivity contribution < 1.29 is 9.90 Å². The number of aromatic carboxylic acids is 1. The fourth-order valence-corrected chi connectivity index (χ4v) is 1.67. The van der Waals surface area contributed by atoms with Crippen LogP contribution in [0.25, 0.3) is 5.69 Å². The van der Waals surface area contributed by atoms with Crippen molar-refractivity contribution in [3.05, 3.63) is 57.0 Å². The second-order valence-corrected chi connectivity index (χ2v) is 4.14. The van der Waals surface area contributed by atoms with Crippen LogP contribution < -0.4 is 5.56 Å². The van der Waals surface area contributed by atoms with E-state index in [1.165, 1.54) is 6.07 Å². The Morgan fingerprint density at radius 3 is 2.72 bits per heavy atom. The zero-order valence-corrected chi connectivity index (χ0v) is 10.2. The number of aromatic nitrogens is 2. The average Bonchev–Trinajstić information content (AvgIpc) is 2.33. The molecule has 6 heteroatoms. The van der Waals surface area contributed by atoms with E-state index < -0.39 is 11.5 Å². The number of halogens is 1. The highest BCUT2D eigenvalue weighted by Crippen LogP contribution is 2.17. The van der Waals surface area contributed by atoms with E-state index in [9.17, 15) is 9.59 Å². The highest BCUT2D eigenvalue weighted by atomic mass is 35.5. The molecule has 0 spiro atoms. The Kier molecular flexibility index (Phi) is 3.16. The van der Waals surface area contributed by atoms with Gasteiger partial charge in [0, 0.05) is 11.1 Å². The molecule has 92 valence electrons.